The van der Waals surface area contributed by atoms with Crippen LogP contribution < -0.4 is 4.90 Å². The Labute approximate surface area is 150 Å². The molecule has 1 aromatic rings. The van der Waals surface area contributed by atoms with Crippen LogP contribution in [-0.2, 0) is 16.2 Å². The van der Waals surface area contributed by atoms with Gasteiger partial charge >= 0.3 is 6.18 Å². The minimum atomic E-state index is -4.62. The second-order valence-electron chi connectivity index (χ2n) is 6.28. The number of quaternary nitrogens is 1. The van der Waals surface area contributed by atoms with Crippen LogP contribution in [0.4, 0.5) is 13.2 Å². The Balaban J connectivity index is 2.19. The Kier molecular flexibility index (Phi) is 6.19. The molecule has 1 aliphatic rings. The van der Waals surface area contributed by atoms with Crippen molar-refractivity contribution in [2.45, 2.75) is 24.9 Å². The number of piperazine rings is 1. The first-order chi connectivity index (χ1) is 11.5. The van der Waals surface area contributed by atoms with Gasteiger partial charge in [-0.15, -0.1) is 0 Å². The molecule has 1 fully saturated rings. The quantitative estimate of drug-likeness (QED) is 0.791. The Morgan fingerprint density at radius 1 is 1.28 bits per heavy atom. The molecule has 9 heteroatoms. The van der Waals surface area contributed by atoms with Crippen molar-refractivity contribution in [1.82, 2.24) is 4.31 Å². The van der Waals surface area contributed by atoms with E-state index in [9.17, 15) is 21.6 Å². The molecular weight excluding hydrogens is 377 g/mol. The van der Waals surface area contributed by atoms with Gasteiger partial charge in [-0.05, 0) is 38.1 Å². The maximum absolute atomic E-state index is 12.9. The molecular formula is C16H21ClF3N2O2S+. The van der Waals surface area contributed by atoms with Gasteiger partial charge in [-0.2, -0.15) is 17.5 Å². The van der Waals surface area contributed by atoms with Crippen LogP contribution in [-0.4, -0.2) is 45.4 Å². The van der Waals surface area contributed by atoms with Crippen LogP contribution in [0.1, 0.15) is 19.4 Å². The van der Waals surface area contributed by atoms with Gasteiger partial charge in [0, 0.05) is 0 Å². The molecule has 140 valence electrons. The molecule has 4 nitrogen and oxygen atoms in total. The maximum atomic E-state index is 12.9. The van der Waals surface area contributed by atoms with E-state index in [-0.39, 0.29) is 18.1 Å². The molecule has 1 aromatic carbocycles. The van der Waals surface area contributed by atoms with Crippen molar-refractivity contribution >= 4 is 21.6 Å². The first-order valence-corrected chi connectivity index (χ1v) is 9.67. The second-order valence-corrected chi connectivity index (χ2v) is 8.60. The molecule has 1 N–H and O–H groups in total. The van der Waals surface area contributed by atoms with Crippen LogP contribution in [0.5, 0.6) is 0 Å². The van der Waals surface area contributed by atoms with Crippen LogP contribution in [0.3, 0.4) is 0 Å². The maximum Gasteiger partial charge on any atom is 0.416 e. The van der Waals surface area contributed by atoms with Crippen molar-refractivity contribution in [1.29, 1.82) is 0 Å². The lowest BCUT2D eigenvalue weighted by atomic mass is 10.2. The summed E-state index contributed by atoms with van der Waals surface area (Å²) in [6.45, 7) is 6.49. The summed E-state index contributed by atoms with van der Waals surface area (Å²) in [6, 6.07) is 2.37. The highest BCUT2D eigenvalue weighted by molar-refractivity contribution is 7.89. The van der Waals surface area contributed by atoms with E-state index in [2.05, 4.69) is 6.08 Å². The van der Waals surface area contributed by atoms with Gasteiger partial charge in [0.1, 0.15) is 4.90 Å². The number of allylic oxidation sites excluding steroid dienone is 1. The largest absolute Gasteiger partial charge is 0.416 e. The predicted molar refractivity (Wildman–Crippen MR) is 90.2 cm³/mol. The number of alkyl halides is 3. The summed E-state index contributed by atoms with van der Waals surface area (Å²) in [5, 5.41) is -0.202. The number of halogens is 4. The standard InChI is InChI=1S/C16H20ClF3N2O2S/c1-12(2)5-6-21-7-9-22(10-8-21)25(23,24)15-11-13(16(18,19)20)3-4-14(15)17/h3-5,11H,6-10H2,1-2H3/p+1. The summed E-state index contributed by atoms with van der Waals surface area (Å²) in [5.74, 6) is 0. The fourth-order valence-corrected chi connectivity index (χ4v) is 4.55. The summed E-state index contributed by atoms with van der Waals surface area (Å²) in [7, 11) is -4.06. The molecule has 1 heterocycles. The Morgan fingerprint density at radius 2 is 1.88 bits per heavy atom. The summed E-state index contributed by atoms with van der Waals surface area (Å²) in [6.07, 6.45) is -2.54. The zero-order valence-electron chi connectivity index (χ0n) is 14.0. The first kappa shape index (κ1) is 20.2. The SMILES string of the molecule is CC(C)=CC[NH+]1CCN(S(=O)(=O)c2cc(C(F)(F)F)ccc2Cl)CC1. The monoisotopic (exact) mass is 397 g/mol. The number of benzene rings is 1. The third-order valence-corrected chi connectivity index (χ3v) is 6.49. The lowest BCUT2D eigenvalue weighted by molar-refractivity contribution is -0.897. The van der Waals surface area contributed by atoms with Crippen LogP contribution in [0.15, 0.2) is 34.7 Å². The summed E-state index contributed by atoms with van der Waals surface area (Å²) < 4.78 is 65.2. The summed E-state index contributed by atoms with van der Waals surface area (Å²) in [4.78, 5) is 0.750. The highest BCUT2D eigenvalue weighted by atomic mass is 35.5. The molecule has 0 aromatic heterocycles. The topological polar surface area (TPSA) is 41.8 Å². The molecule has 0 bridgehead atoms. The number of rotatable bonds is 4. The average molecular weight is 398 g/mol. The molecule has 2 rings (SSSR count). The van der Waals surface area contributed by atoms with E-state index in [1.165, 1.54) is 14.8 Å². The Bertz CT molecular complexity index is 751. The van der Waals surface area contributed by atoms with Gasteiger partial charge in [0.25, 0.3) is 0 Å². The van der Waals surface area contributed by atoms with E-state index in [1.54, 1.807) is 0 Å². The molecule has 0 atom stereocenters. The van der Waals surface area contributed by atoms with Crippen molar-refractivity contribution in [2.75, 3.05) is 32.7 Å². The normalized spacial score (nSPS) is 17.5. The van der Waals surface area contributed by atoms with E-state index < -0.39 is 26.7 Å². The molecule has 0 spiro atoms. The molecule has 0 aliphatic carbocycles. The van der Waals surface area contributed by atoms with Crippen molar-refractivity contribution in [3.05, 3.63) is 40.4 Å². The molecule has 0 radical (unpaired) electrons. The van der Waals surface area contributed by atoms with Crippen molar-refractivity contribution in [2.24, 2.45) is 0 Å². The van der Waals surface area contributed by atoms with Crippen LogP contribution in [0.2, 0.25) is 5.02 Å². The fourth-order valence-electron chi connectivity index (χ4n) is 2.61. The molecule has 1 aliphatic heterocycles. The summed E-state index contributed by atoms with van der Waals surface area (Å²) >= 11 is 5.88. The van der Waals surface area contributed by atoms with Gasteiger partial charge in [0.05, 0.1) is 43.3 Å². The number of nitrogens with one attached hydrogen (secondary N) is 1. The van der Waals surface area contributed by atoms with Crippen LogP contribution >= 0.6 is 11.6 Å². The van der Waals surface area contributed by atoms with Crippen LogP contribution in [0.25, 0.3) is 0 Å². The van der Waals surface area contributed by atoms with Gasteiger partial charge in [-0.3, -0.25) is 0 Å². The number of sulfonamides is 1. The van der Waals surface area contributed by atoms with Crippen LogP contribution in [0, 0.1) is 0 Å². The van der Waals surface area contributed by atoms with Gasteiger partial charge in [0.15, 0.2) is 0 Å². The van der Waals surface area contributed by atoms with Gasteiger partial charge in [-0.25, -0.2) is 8.42 Å². The van der Waals surface area contributed by atoms with Gasteiger partial charge in [0.2, 0.25) is 10.0 Å². The minimum absolute atomic E-state index is 0.202. The number of nitrogens with zero attached hydrogens (tertiary/aromatic N) is 1. The molecule has 0 saturated carbocycles. The molecule has 1 saturated heterocycles. The lowest BCUT2D eigenvalue weighted by Crippen LogP contribution is -3.14. The lowest BCUT2D eigenvalue weighted by Gasteiger charge is -2.31. The highest BCUT2D eigenvalue weighted by Gasteiger charge is 2.35. The van der Waals surface area contributed by atoms with Gasteiger partial charge < -0.3 is 4.90 Å². The summed E-state index contributed by atoms with van der Waals surface area (Å²) in [5.41, 5.74) is 0.168. The zero-order valence-corrected chi connectivity index (χ0v) is 15.6. The fraction of sp³-hybridized carbons (Fsp3) is 0.500. The Hall–Kier alpha value is -1.09. The Morgan fingerprint density at radius 3 is 2.40 bits per heavy atom. The zero-order chi connectivity index (χ0) is 18.8. The smallest absolute Gasteiger partial charge is 0.329 e. The highest BCUT2D eigenvalue weighted by Crippen LogP contribution is 2.34. The third kappa shape index (κ3) is 4.97. The minimum Gasteiger partial charge on any atom is -0.329 e. The number of hydrogen-bond acceptors (Lipinski definition) is 2. The molecule has 0 amide bonds. The number of hydrogen-bond donors (Lipinski definition) is 1. The third-order valence-electron chi connectivity index (χ3n) is 4.10. The molecule has 25 heavy (non-hydrogen) atoms. The van der Waals surface area contributed by atoms with E-state index in [0.29, 0.717) is 19.2 Å². The van der Waals surface area contributed by atoms with Crippen molar-refractivity contribution < 1.29 is 26.5 Å². The average Bonchev–Trinajstić information content (AvgIpc) is 2.52. The van der Waals surface area contributed by atoms with Crippen molar-refractivity contribution in [3.63, 3.8) is 0 Å². The first-order valence-electron chi connectivity index (χ1n) is 7.85. The van der Waals surface area contributed by atoms with E-state index >= 15 is 0 Å². The van der Waals surface area contributed by atoms with E-state index in [4.69, 9.17) is 11.6 Å². The van der Waals surface area contributed by atoms with Gasteiger partial charge in [-0.1, -0.05) is 17.2 Å². The van der Waals surface area contributed by atoms with E-state index in [1.807, 2.05) is 13.8 Å². The van der Waals surface area contributed by atoms with Crippen molar-refractivity contribution in [3.8, 4) is 0 Å². The van der Waals surface area contributed by atoms with E-state index in [0.717, 1.165) is 18.7 Å². The molecule has 0 unspecified atom stereocenters. The predicted octanol–water partition coefficient (Wildman–Crippen LogP) is 2.21. The second kappa shape index (κ2) is 7.65.